The van der Waals surface area contributed by atoms with Gasteiger partial charge in [0, 0.05) is 5.75 Å². The van der Waals surface area contributed by atoms with Gasteiger partial charge in [0.05, 0.1) is 11.4 Å². The zero-order valence-corrected chi connectivity index (χ0v) is 13.0. The van der Waals surface area contributed by atoms with Crippen molar-refractivity contribution in [2.24, 2.45) is 0 Å². The summed E-state index contributed by atoms with van der Waals surface area (Å²) >= 11 is 1.52. The first-order valence-corrected chi connectivity index (χ1v) is 7.89. The van der Waals surface area contributed by atoms with Crippen LogP contribution in [0.15, 0.2) is 42.5 Å². The zero-order valence-electron chi connectivity index (χ0n) is 12.2. The molecule has 21 heavy (non-hydrogen) atoms. The second-order valence-electron chi connectivity index (χ2n) is 5.02. The molecule has 2 aromatic carbocycles. The van der Waals surface area contributed by atoms with E-state index in [9.17, 15) is 9.18 Å². The van der Waals surface area contributed by atoms with Crippen LogP contribution >= 0.6 is 11.8 Å². The number of carbonyl (C=O) groups is 1. The van der Waals surface area contributed by atoms with Gasteiger partial charge in [0.2, 0.25) is 5.91 Å². The number of hydrogen-bond acceptors (Lipinski definition) is 2. The average Bonchev–Trinajstić information content (AvgIpc) is 2.40. The highest BCUT2D eigenvalue weighted by Gasteiger charge is 2.06. The van der Waals surface area contributed by atoms with E-state index in [1.54, 1.807) is 18.2 Å². The van der Waals surface area contributed by atoms with Gasteiger partial charge in [-0.3, -0.25) is 4.79 Å². The van der Waals surface area contributed by atoms with E-state index in [1.165, 1.54) is 34.5 Å². The number of carbonyl (C=O) groups excluding carboxylic acids is 1. The molecule has 0 radical (unpaired) electrons. The number of hydrogen-bond donors (Lipinski definition) is 1. The van der Waals surface area contributed by atoms with Crippen molar-refractivity contribution in [3.05, 3.63) is 65.0 Å². The molecule has 0 bridgehead atoms. The monoisotopic (exact) mass is 303 g/mol. The molecule has 0 heterocycles. The quantitative estimate of drug-likeness (QED) is 0.891. The third-order valence-electron chi connectivity index (χ3n) is 2.93. The predicted octanol–water partition coefficient (Wildman–Crippen LogP) is 4.31. The van der Waals surface area contributed by atoms with Crippen molar-refractivity contribution < 1.29 is 9.18 Å². The molecule has 0 unspecified atom stereocenters. The van der Waals surface area contributed by atoms with Crippen LogP contribution in [-0.4, -0.2) is 11.7 Å². The summed E-state index contributed by atoms with van der Waals surface area (Å²) in [5, 5.41) is 2.58. The minimum atomic E-state index is -0.412. The molecule has 110 valence electrons. The lowest BCUT2D eigenvalue weighted by molar-refractivity contribution is -0.113. The van der Waals surface area contributed by atoms with Gasteiger partial charge in [0.1, 0.15) is 5.82 Å². The molecule has 0 fully saturated rings. The third-order valence-corrected chi connectivity index (χ3v) is 3.94. The Bertz CT molecular complexity index is 622. The number of benzene rings is 2. The highest BCUT2D eigenvalue weighted by molar-refractivity contribution is 7.99. The Morgan fingerprint density at radius 2 is 1.81 bits per heavy atom. The van der Waals surface area contributed by atoms with Crippen molar-refractivity contribution >= 4 is 23.4 Å². The molecule has 0 spiro atoms. The Hall–Kier alpha value is -1.81. The molecule has 0 saturated heterocycles. The lowest BCUT2D eigenvalue weighted by atomic mass is 10.1. The SMILES string of the molecule is Cc1cc(C)cc(CSCC(=O)Nc2ccccc2F)c1. The molecule has 1 amide bonds. The van der Waals surface area contributed by atoms with E-state index in [-0.39, 0.29) is 11.6 Å². The molecular formula is C17H18FNOS. The fraction of sp³-hybridized carbons (Fsp3) is 0.235. The Kier molecular flexibility index (Phi) is 5.39. The average molecular weight is 303 g/mol. The second kappa shape index (κ2) is 7.27. The lowest BCUT2D eigenvalue weighted by Crippen LogP contribution is -2.15. The van der Waals surface area contributed by atoms with E-state index < -0.39 is 5.82 Å². The molecule has 2 nitrogen and oxygen atoms in total. The van der Waals surface area contributed by atoms with Crippen molar-refractivity contribution in [2.75, 3.05) is 11.1 Å². The summed E-state index contributed by atoms with van der Waals surface area (Å²) in [4.78, 5) is 11.8. The van der Waals surface area contributed by atoms with E-state index in [0.29, 0.717) is 5.75 Å². The van der Waals surface area contributed by atoms with Crippen LogP contribution in [0.2, 0.25) is 0 Å². The van der Waals surface area contributed by atoms with Crippen molar-refractivity contribution in [2.45, 2.75) is 19.6 Å². The standard InChI is InChI=1S/C17H18FNOS/c1-12-7-13(2)9-14(8-12)10-21-11-17(20)19-16-6-4-3-5-15(16)18/h3-9H,10-11H2,1-2H3,(H,19,20). The van der Waals surface area contributed by atoms with Gasteiger partial charge in [-0.15, -0.1) is 11.8 Å². The molecule has 2 rings (SSSR count). The highest BCUT2D eigenvalue weighted by atomic mass is 32.2. The maximum Gasteiger partial charge on any atom is 0.234 e. The molecule has 2 aromatic rings. The van der Waals surface area contributed by atoms with E-state index >= 15 is 0 Å². The number of para-hydroxylation sites is 1. The highest BCUT2D eigenvalue weighted by Crippen LogP contribution is 2.17. The Morgan fingerprint density at radius 3 is 2.48 bits per heavy atom. The number of nitrogens with one attached hydrogen (secondary N) is 1. The van der Waals surface area contributed by atoms with Gasteiger partial charge in [0.15, 0.2) is 0 Å². The third kappa shape index (κ3) is 4.90. The van der Waals surface area contributed by atoms with Gasteiger partial charge in [-0.2, -0.15) is 0 Å². The lowest BCUT2D eigenvalue weighted by Gasteiger charge is -2.07. The summed E-state index contributed by atoms with van der Waals surface area (Å²) in [6.45, 7) is 4.12. The van der Waals surface area contributed by atoms with E-state index in [4.69, 9.17) is 0 Å². The van der Waals surface area contributed by atoms with Crippen LogP contribution in [0.1, 0.15) is 16.7 Å². The molecule has 0 aromatic heterocycles. The van der Waals surface area contributed by atoms with Crippen molar-refractivity contribution in [3.8, 4) is 0 Å². The summed E-state index contributed by atoms with van der Waals surface area (Å²) in [6.07, 6.45) is 0. The molecule has 0 aliphatic carbocycles. The molecular weight excluding hydrogens is 285 g/mol. The van der Waals surface area contributed by atoms with Crippen LogP contribution in [-0.2, 0) is 10.5 Å². The molecule has 0 aliphatic rings. The first-order valence-electron chi connectivity index (χ1n) is 6.74. The van der Waals surface area contributed by atoms with Gasteiger partial charge in [-0.25, -0.2) is 4.39 Å². The molecule has 0 saturated carbocycles. The van der Waals surface area contributed by atoms with Gasteiger partial charge in [-0.05, 0) is 31.5 Å². The number of anilines is 1. The maximum atomic E-state index is 13.4. The summed E-state index contributed by atoms with van der Waals surface area (Å²) in [6, 6.07) is 12.5. The largest absolute Gasteiger partial charge is 0.323 e. The number of thioether (sulfide) groups is 1. The number of aryl methyl sites for hydroxylation is 2. The number of rotatable bonds is 5. The maximum absolute atomic E-state index is 13.4. The number of amides is 1. The van der Waals surface area contributed by atoms with Crippen LogP contribution in [0.3, 0.4) is 0 Å². The molecule has 0 aliphatic heterocycles. The summed E-state index contributed by atoms with van der Waals surface area (Å²) < 4.78 is 13.4. The fourth-order valence-electron chi connectivity index (χ4n) is 2.16. The minimum absolute atomic E-state index is 0.186. The van der Waals surface area contributed by atoms with Crippen molar-refractivity contribution in [1.29, 1.82) is 0 Å². The summed E-state index contributed by atoms with van der Waals surface area (Å²) in [7, 11) is 0. The van der Waals surface area contributed by atoms with Crippen LogP contribution in [0.25, 0.3) is 0 Å². The summed E-state index contributed by atoms with van der Waals surface area (Å²) in [5.74, 6) is 0.480. The predicted molar refractivity (Wildman–Crippen MR) is 87.1 cm³/mol. The molecule has 0 atom stereocenters. The Labute approximate surface area is 128 Å². The normalized spacial score (nSPS) is 10.4. The Morgan fingerprint density at radius 1 is 1.14 bits per heavy atom. The van der Waals surface area contributed by atoms with Gasteiger partial charge in [-0.1, -0.05) is 41.5 Å². The van der Waals surface area contributed by atoms with Crippen LogP contribution in [0.5, 0.6) is 0 Å². The first kappa shape index (κ1) is 15.6. The van der Waals surface area contributed by atoms with E-state index in [2.05, 4.69) is 37.4 Å². The minimum Gasteiger partial charge on any atom is -0.323 e. The second-order valence-corrected chi connectivity index (χ2v) is 6.00. The van der Waals surface area contributed by atoms with Gasteiger partial charge < -0.3 is 5.32 Å². The van der Waals surface area contributed by atoms with Gasteiger partial charge in [0.25, 0.3) is 0 Å². The van der Waals surface area contributed by atoms with Gasteiger partial charge >= 0.3 is 0 Å². The molecule has 4 heteroatoms. The topological polar surface area (TPSA) is 29.1 Å². The zero-order chi connectivity index (χ0) is 15.2. The van der Waals surface area contributed by atoms with Crippen molar-refractivity contribution in [1.82, 2.24) is 0 Å². The van der Waals surface area contributed by atoms with Crippen LogP contribution in [0, 0.1) is 19.7 Å². The smallest absolute Gasteiger partial charge is 0.234 e. The van der Waals surface area contributed by atoms with E-state index in [0.717, 1.165) is 5.75 Å². The fourth-order valence-corrected chi connectivity index (χ4v) is 2.92. The Balaban J connectivity index is 1.83. The van der Waals surface area contributed by atoms with Crippen molar-refractivity contribution in [3.63, 3.8) is 0 Å². The number of halogens is 1. The summed E-state index contributed by atoms with van der Waals surface area (Å²) in [5.41, 5.74) is 3.88. The van der Waals surface area contributed by atoms with Crippen LogP contribution < -0.4 is 5.32 Å². The van der Waals surface area contributed by atoms with E-state index in [1.807, 2.05) is 0 Å². The first-order chi connectivity index (χ1) is 10.0. The van der Waals surface area contributed by atoms with Crippen LogP contribution in [0.4, 0.5) is 10.1 Å². The molecule has 1 N–H and O–H groups in total.